The minimum absolute atomic E-state index is 0.491. The molecule has 2 aromatic rings. The van der Waals surface area contributed by atoms with Gasteiger partial charge in [-0.2, -0.15) is 0 Å². The maximum Gasteiger partial charge on any atom is 0.203 e. The standard InChI is InChI=1S/C18H20O4/c1-20-16-11-15(13-19)12-17(18(16)21-2)22-10-6-9-14-7-4-3-5-8-14/h3-5,7-8,11-13H,6,9-10H2,1-2H3. The fourth-order valence-electron chi connectivity index (χ4n) is 2.23. The molecule has 0 unspecified atom stereocenters. The Morgan fingerprint density at radius 3 is 2.36 bits per heavy atom. The van der Waals surface area contributed by atoms with Gasteiger partial charge in [-0.15, -0.1) is 0 Å². The van der Waals surface area contributed by atoms with Crippen molar-refractivity contribution in [3.05, 3.63) is 53.6 Å². The number of benzene rings is 2. The molecule has 2 aromatic carbocycles. The van der Waals surface area contributed by atoms with E-state index in [1.165, 1.54) is 12.7 Å². The number of hydrogen-bond acceptors (Lipinski definition) is 4. The maximum absolute atomic E-state index is 11.0. The molecule has 0 bridgehead atoms. The van der Waals surface area contributed by atoms with Crippen LogP contribution in [-0.2, 0) is 6.42 Å². The lowest BCUT2D eigenvalue weighted by Crippen LogP contribution is -2.03. The predicted octanol–water partition coefficient (Wildman–Crippen LogP) is 3.53. The highest BCUT2D eigenvalue weighted by Crippen LogP contribution is 2.38. The van der Waals surface area contributed by atoms with Crippen molar-refractivity contribution in [3.8, 4) is 17.2 Å². The van der Waals surface area contributed by atoms with Gasteiger partial charge in [0.1, 0.15) is 6.29 Å². The minimum atomic E-state index is 0.491. The Kier molecular flexibility index (Phi) is 5.83. The Bertz CT molecular complexity index is 608. The van der Waals surface area contributed by atoms with Crippen LogP contribution in [0.25, 0.3) is 0 Å². The van der Waals surface area contributed by atoms with Crippen LogP contribution in [-0.4, -0.2) is 27.1 Å². The summed E-state index contributed by atoms with van der Waals surface area (Å²) in [5, 5.41) is 0. The number of hydrogen-bond donors (Lipinski definition) is 0. The first-order valence-corrected chi connectivity index (χ1v) is 7.16. The maximum atomic E-state index is 11.0. The molecule has 0 fully saturated rings. The van der Waals surface area contributed by atoms with Gasteiger partial charge in [-0.3, -0.25) is 4.79 Å². The number of ether oxygens (including phenoxy) is 3. The average molecular weight is 300 g/mol. The molecule has 4 nitrogen and oxygen atoms in total. The van der Waals surface area contributed by atoms with E-state index in [9.17, 15) is 4.79 Å². The van der Waals surface area contributed by atoms with Gasteiger partial charge in [-0.05, 0) is 30.5 Å². The minimum Gasteiger partial charge on any atom is -0.493 e. The zero-order valence-electron chi connectivity index (χ0n) is 12.9. The zero-order valence-corrected chi connectivity index (χ0v) is 12.9. The number of carbonyl (C=O) groups excluding carboxylic acids is 1. The smallest absolute Gasteiger partial charge is 0.203 e. The number of rotatable bonds is 8. The fraction of sp³-hybridized carbons (Fsp3) is 0.278. The van der Waals surface area contributed by atoms with Crippen LogP contribution in [0, 0.1) is 0 Å². The Hall–Kier alpha value is -2.49. The van der Waals surface area contributed by atoms with Gasteiger partial charge in [0.2, 0.25) is 5.75 Å². The Morgan fingerprint density at radius 1 is 1.00 bits per heavy atom. The van der Waals surface area contributed by atoms with E-state index in [1.807, 2.05) is 18.2 Å². The molecule has 0 amide bonds. The van der Waals surface area contributed by atoms with Crippen molar-refractivity contribution < 1.29 is 19.0 Å². The van der Waals surface area contributed by atoms with Crippen molar-refractivity contribution in [1.29, 1.82) is 0 Å². The van der Waals surface area contributed by atoms with Gasteiger partial charge < -0.3 is 14.2 Å². The van der Waals surface area contributed by atoms with Gasteiger partial charge in [0, 0.05) is 5.56 Å². The van der Waals surface area contributed by atoms with Crippen molar-refractivity contribution in [1.82, 2.24) is 0 Å². The highest BCUT2D eigenvalue weighted by molar-refractivity contribution is 5.78. The Morgan fingerprint density at radius 2 is 1.73 bits per heavy atom. The largest absolute Gasteiger partial charge is 0.493 e. The highest BCUT2D eigenvalue weighted by Gasteiger charge is 2.13. The third kappa shape index (κ3) is 4.01. The molecule has 0 aliphatic carbocycles. The summed E-state index contributed by atoms with van der Waals surface area (Å²) in [6, 6.07) is 13.5. The van der Waals surface area contributed by atoms with Gasteiger partial charge in [0.25, 0.3) is 0 Å². The van der Waals surface area contributed by atoms with Crippen molar-refractivity contribution >= 4 is 6.29 Å². The lowest BCUT2D eigenvalue weighted by molar-refractivity contribution is 0.112. The monoisotopic (exact) mass is 300 g/mol. The summed E-state index contributed by atoms with van der Waals surface area (Å²) in [6.07, 6.45) is 2.58. The summed E-state index contributed by atoms with van der Waals surface area (Å²) in [5.74, 6) is 1.52. The summed E-state index contributed by atoms with van der Waals surface area (Å²) in [7, 11) is 3.08. The highest BCUT2D eigenvalue weighted by atomic mass is 16.5. The first-order valence-electron chi connectivity index (χ1n) is 7.16. The van der Waals surface area contributed by atoms with E-state index >= 15 is 0 Å². The van der Waals surface area contributed by atoms with Crippen LogP contribution in [0.1, 0.15) is 22.3 Å². The second-order valence-electron chi connectivity index (χ2n) is 4.81. The second-order valence-corrected chi connectivity index (χ2v) is 4.81. The molecule has 22 heavy (non-hydrogen) atoms. The van der Waals surface area contributed by atoms with E-state index in [4.69, 9.17) is 14.2 Å². The average Bonchev–Trinajstić information content (AvgIpc) is 2.58. The van der Waals surface area contributed by atoms with Gasteiger partial charge >= 0.3 is 0 Å². The molecule has 0 radical (unpaired) electrons. The number of aldehydes is 1. The molecule has 0 N–H and O–H groups in total. The zero-order chi connectivity index (χ0) is 15.8. The number of aryl methyl sites for hydroxylation is 1. The third-order valence-corrected chi connectivity index (χ3v) is 3.31. The van der Waals surface area contributed by atoms with Crippen LogP contribution in [0.15, 0.2) is 42.5 Å². The van der Waals surface area contributed by atoms with Crippen LogP contribution < -0.4 is 14.2 Å². The van der Waals surface area contributed by atoms with Gasteiger partial charge in [-0.25, -0.2) is 0 Å². The van der Waals surface area contributed by atoms with E-state index in [1.54, 1.807) is 19.2 Å². The summed E-state index contributed by atoms with van der Waals surface area (Å²) in [4.78, 5) is 11.0. The SMILES string of the molecule is COc1cc(C=O)cc(OCCCc2ccccc2)c1OC. The molecule has 0 aromatic heterocycles. The van der Waals surface area contributed by atoms with E-state index in [0.29, 0.717) is 29.4 Å². The molecular weight excluding hydrogens is 280 g/mol. The van der Waals surface area contributed by atoms with E-state index in [-0.39, 0.29) is 0 Å². The Balaban J connectivity index is 2.00. The summed E-state index contributed by atoms with van der Waals surface area (Å²) >= 11 is 0. The molecule has 0 heterocycles. The molecular formula is C18H20O4. The molecule has 0 saturated heterocycles. The quantitative estimate of drug-likeness (QED) is 0.552. The van der Waals surface area contributed by atoms with E-state index in [0.717, 1.165) is 19.1 Å². The first-order chi connectivity index (χ1) is 10.8. The molecule has 0 saturated carbocycles. The summed E-state index contributed by atoms with van der Waals surface area (Å²) in [5.41, 5.74) is 1.77. The summed E-state index contributed by atoms with van der Waals surface area (Å²) in [6.45, 7) is 0.538. The van der Waals surface area contributed by atoms with E-state index < -0.39 is 0 Å². The summed E-state index contributed by atoms with van der Waals surface area (Å²) < 4.78 is 16.3. The molecule has 116 valence electrons. The van der Waals surface area contributed by atoms with Crippen molar-refractivity contribution in [3.63, 3.8) is 0 Å². The van der Waals surface area contributed by atoms with E-state index in [2.05, 4.69) is 12.1 Å². The van der Waals surface area contributed by atoms with Crippen LogP contribution in [0.5, 0.6) is 17.2 Å². The van der Waals surface area contributed by atoms with Gasteiger partial charge in [0.15, 0.2) is 11.5 Å². The predicted molar refractivity (Wildman–Crippen MR) is 85.2 cm³/mol. The normalized spacial score (nSPS) is 10.1. The topological polar surface area (TPSA) is 44.8 Å². The van der Waals surface area contributed by atoms with Crippen LogP contribution in [0.2, 0.25) is 0 Å². The van der Waals surface area contributed by atoms with Crippen LogP contribution in [0.3, 0.4) is 0 Å². The molecule has 0 spiro atoms. The Labute approximate surface area is 130 Å². The second kappa shape index (κ2) is 8.08. The number of carbonyl (C=O) groups is 1. The van der Waals surface area contributed by atoms with Crippen molar-refractivity contribution in [2.45, 2.75) is 12.8 Å². The molecule has 0 aliphatic rings. The van der Waals surface area contributed by atoms with Gasteiger partial charge in [0.05, 0.1) is 20.8 Å². The van der Waals surface area contributed by atoms with Crippen molar-refractivity contribution in [2.75, 3.05) is 20.8 Å². The fourth-order valence-corrected chi connectivity index (χ4v) is 2.23. The molecule has 2 rings (SSSR count). The first kappa shape index (κ1) is 15.9. The lowest BCUT2D eigenvalue weighted by Gasteiger charge is -2.14. The molecule has 0 aliphatic heterocycles. The molecule has 4 heteroatoms. The van der Waals surface area contributed by atoms with Gasteiger partial charge in [-0.1, -0.05) is 30.3 Å². The molecule has 0 atom stereocenters. The lowest BCUT2D eigenvalue weighted by atomic mass is 10.1. The third-order valence-electron chi connectivity index (χ3n) is 3.31. The number of methoxy groups -OCH3 is 2. The van der Waals surface area contributed by atoms with Crippen molar-refractivity contribution in [2.24, 2.45) is 0 Å². The van der Waals surface area contributed by atoms with Crippen LogP contribution in [0.4, 0.5) is 0 Å². The van der Waals surface area contributed by atoms with Crippen LogP contribution >= 0.6 is 0 Å².